The maximum atomic E-state index is 12.8. The monoisotopic (exact) mass is 416 g/mol. The van der Waals surface area contributed by atoms with Gasteiger partial charge in [0.15, 0.2) is 0 Å². The van der Waals surface area contributed by atoms with Crippen LogP contribution in [0.5, 0.6) is 0 Å². The van der Waals surface area contributed by atoms with Crippen LogP contribution in [0, 0.1) is 3.57 Å². The number of rotatable bonds is 3. The first-order chi connectivity index (χ1) is 11.0. The third-order valence-corrected chi connectivity index (χ3v) is 4.70. The van der Waals surface area contributed by atoms with Crippen molar-refractivity contribution in [1.29, 1.82) is 0 Å². The molecule has 3 aromatic rings. The van der Waals surface area contributed by atoms with Gasteiger partial charge in [-0.05, 0) is 71.5 Å². The third kappa shape index (κ3) is 3.37. The fraction of sp³-hybridized carbons (Fsp3) is 0.158. The molecular weight excluding hydrogens is 399 g/mol. The van der Waals surface area contributed by atoms with Crippen LogP contribution in [0.4, 0.5) is 0 Å². The molecule has 116 valence electrons. The topological polar surface area (TPSA) is 42.0 Å². The van der Waals surface area contributed by atoms with E-state index in [-0.39, 0.29) is 5.91 Å². The van der Waals surface area contributed by atoms with Crippen molar-refractivity contribution in [3.8, 4) is 0 Å². The Kier molecular flexibility index (Phi) is 4.35. The Labute approximate surface area is 149 Å². The summed E-state index contributed by atoms with van der Waals surface area (Å²) in [4.78, 5) is 17.1. The molecule has 0 unspecified atom stereocenters. The summed E-state index contributed by atoms with van der Waals surface area (Å²) in [5.74, 6) is -0.0872. The number of hydrogen-bond donors (Lipinski definition) is 1. The number of benzene rings is 2. The van der Waals surface area contributed by atoms with Gasteiger partial charge in [-0.15, -0.1) is 0 Å². The van der Waals surface area contributed by atoms with Crippen molar-refractivity contribution in [1.82, 2.24) is 10.3 Å². The molecule has 2 aromatic carbocycles. The van der Waals surface area contributed by atoms with Crippen molar-refractivity contribution in [2.24, 2.45) is 0 Å². The van der Waals surface area contributed by atoms with E-state index in [4.69, 9.17) is 0 Å². The minimum atomic E-state index is -0.535. The van der Waals surface area contributed by atoms with E-state index in [1.807, 2.05) is 62.4 Å². The summed E-state index contributed by atoms with van der Waals surface area (Å²) in [6, 6.07) is 17.8. The molecule has 0 aliphatic rings. The van der Waals surface area contributed by atoms with Gasteiger partial charge in [0, 0.05) is 9.77 Å². The maximum Gasteiger partial charge on any atom is 0.253 e. The van der Waals surface area contributed by atoms with Crippen LogP contribution in [0.1, 0.15) is 29.9 Å². The average Bonchev–Trinajstić information content (AvgIpc) is 2.54. The highest BCUT2D eigenvalue weighted by atomic mass is 127. The number of halogens is 1. The number of aromatic nitrogens is 1. The molecule has 1 N–H and O–H groups in total. The zero-order chi connectivity index (χ0) is 16.4. The van der Waals surface area contributed by atoms with Gasteiger partial charge < -0.3 is 5.32 Å². The number of pyridine rings is 1. The molecule has 1 aromatic heterocycles. The highest BCUT2D eigenvalue weighted by Gasteiger charge is 2.25. The van der Waals surface area contributed by atoms with Gasteiger partial charge in [-0.1, -0.05) is 30.3 Å². The number of amides is 1. The molecule has 0 aliphatic carbocycles. The molecule has 3 nitrogen and oxygen atoms in total. The SMILES string of the molecule is CC(C)(NC(=O)c1cc2ccccc2cc1I)c1ccccn1. The van der Waals surface area contributed by atoms with Crippen molar-refractivity contribution in [3.05, 3.63) is 75.6 Å². The van der Waals surface area contributed by atoms with E-state index in [1.165, 1.54) is 0 Å². The Morgan fingerprint density at radius 1 is 1.04 bits per heavy atom. The van der Waals surface area contributed by atoms with E-state index in [2.05, 4.69) is 39.0 Å². The number of nitrogens with one attached hydrogen (secondary N) is 1. The van der Waals surface area contributed by atoms with E-state index in [9.17, 15) is 4.79 Å². The van der Waals surface area contributed by atoms with Crippen LogP contribution in [0.3, 0.4) is 0 Å². The Hall–Kier alpha value is -1.95. The van der Waals surface area contributed by atoms with E-state index >= 15 is 0 Å². The highest BCUT2D eigenvalue weighted by Crippen LogP contribution is 2.24. The van der Waals surface area contributed by atoms with Gasteiger partial charge in [0.1, 0.15) is 0 Å². The van der Waals surface area contributed by atoms with Crippen molar-refractivity contribution in [2.75, 3.05) is 0 Å². The lowest BCUT2D eigenvalue weighted by atomic mass is 9.98. The molecule has 4 heteroatoms. The van der Waals surface area contributed by atoms with Crippen LogP contribution >= 0.6 is 22.6 Å². The van der Waals surface area contributed by atoms with E-state index in [0.29, 0.717) is 5.56 Å². The zero-order valence-corrected chi connectivity index (χ0v) is 15.2. The minimum absolute atomic E-state index is 0.0872. The predicted molar refractivity (Wildman–Crippen MR) is 101 cm³/mol. The molecule has 0 aliphatic heterocycles. The van der Waals surface area contributed by atoms with Crippen LogP contribution in [0.15, 0.2) is 60.8 Å². The first-order valence-corrected chi connectivity index (χ1v) is 8.47. The number of carbonyl (C=O) groups excluding carboxylic acids is 1. The van der Waals surface area contributed by atoms with Gasteiger partial charge in [-0.2, -0.15) is 0 Å². The zero-order valence-electron chi connectivity index (χ0n) is 13.0. The normalized spacial score (nSPS) is 11.4. The second-order valence-corrected chi connectivity index (χ2v) is 7.14. The van der Waals surface area contributed by atoms with E-state index in [1.54, 1.807) is 6.20 Å². The summed E-state index contributed by atoms with van der Waals surface area (Å²) >= 11 is 2.21. The van der Waals surface area contributed by atoms with E-state index < -0.39 is 5.54 Å². The third-order valence-electron chi connectivity index (χ3n) is 3.81. The number of nitrogens with zero attached hydrogens (tertiary/aromatic N) is 1. The number of fused-ring (bicyclic) bond motifs is 1. The number of carbonyl (C=O) groups is 1. The summed E-state index contributed by atoms with van der Waals surface area (Å²) in [7, 11) is 0. The Morgan fingerprint density at radius 3 is 2.35 bits per heavy atom. The standard InChI is InChI=1S/C19H17IN2O/c1-19(2,17-9-5-6-10-21-17)22-18(23)15-11-13-7-3-4-8-14(13)12-16(15)20/h3-12H,1-2H3,(H,22,23). The lowest BCUT2D eigenvalue weighted by Crippen LogP contribution is -2.41. The largest absolute Gasteiger partial charge is 0.341 e. The van der Waals surface area contributed by atoms with Crippen molar-refractivity contribution < 1.29 is 4.79 Å². The molecule has 0 radical (unpaired) electrons. The molecule has 1 amide bonds. The smallest absolute Gasteiger partial charge is 0.253 e. The minimum Gasteiger partial charge on any atom is -0.341 e. The molecule has 0 saturated carbocycles. The maximum absolute atomic E-state index is 12.8. The van der Waals surface area contributed by atoms with Crippen LogP contribution in [0.2, 0.25) is 0 Å². The second kappa shape index (κ2) is 6.28. The Bertz CT molecular complexity index is 860. The molecular formula is C19H17IN2O. The van der Waals surface area contributed by atoms with Gasteiger partial charge in [-0.25, -0.2) is 0 Å². The molecule has 3 rings (SSSR count). The van der Waals surface area contributed by atoms with Gasteiger partial charge in [0.05, 0.1) is 16.8 Å². The van der Waals surface area contributed by atoms with Crippen molar-refractivity contribution in [3.63, 3.8) is 0 Å². The van der Waals surface area contributed by atoms with Crippen LogP contribution < -0.4 is 5.32 Å². The van der Waals surface area contributed by atoms with Crippen LogP contribution in [-0.2, 0) is 5.54 Å². The van der Waals surface area contributed by atoms with Gasteiger partial charge in [0.2, 0.25) is 0 Å². The van der Waals surface area contributed by atoms with Gasteiger partial charge in [-0.3, -0.25) is 9.78 Å². The first kappa shape index (κ1) is 15.9. The fourth-order valence-electron chi connectivity index (χ4n) is 2.53. The molecule has 0 bridgehead atoms. The van der Waals surface area contributed by atoms with Gasteiger partial charge in [0.25, 0.3) is 5.91 Å². The quantitative estimate of drug-likeness (QED) is 0.639. The predicted octanol–water partition coefficient (Wildman–Crippen LogP) is 4.50. The van der Waals surface area contributed by atoms with Crippen LogP contribution in [-0.4, -0.2) is 10.9 Å². The lowest BCUT2D eigenvalue weighted by molar-refractivity contribution is 0.0909. The summed E-state index contributed by atoms with van der Waals surface area (Å²) in [5, 5.41) is 5.29. The molecule has 0 spiro atoms. The molecule has 23 heavy (non-hydrogen) atoms. The fourth-order valence-corrected chi connectivity index (χ4v) is 3.27. The molecule has 0 fully saturated rings. The Balaban J connectivity index is 1.93. The lowest BCUT2D eigenvalue weighted by Gasteiger charge is -2.26. The molecule has 1 heterocycles. The first-order valence-electron chi connectivity index (χ1n) is 7.40. The van der Waals surface area contributed by atoms with Crippen molar-refractivity contribution >= 4 is 39.3 Å². The van der Waals surface area contributed by atoms with Gasteiger partial charge >= 0.3 is 0 Å². The average molecular weight is 416 g/mol. The summed E-state index contributed by atoms with van der Waals surface area (Å²) in [6.07, 6.45) is 1.74. The second-order valence-electron chi connectivity index (χ2n) is 5.97. The van der Waals surface area contributed by atoms with E-state index in [0.717, 1.165) is 20.0 Å². The molecule has 0 atom stereocenters. The molecule has 0 saturated heterocycles. The van der Waals surface area contributed by atoms with Crippen LogP contribution in [0.25, 0.3) is 10.8 Å². The summed E-state index contributed by atoms with van der Waals surface area (Å²) < 4.78 is 0.940. The Morgan fingerprint density at radius 2 is 1.70 bits per heavy atom. The summed E-state index contributed by atoms with van der Waals surface area (Å²) in [6.45, 7) is 3.92. The number of hydrogen-bond acceptors (Lipinski definition) is 2. The van der Waals surface area contributed by atoms with Crippen molar-refractivity contribution in [2.45, 2.75) is 19.4 Å². The summed E-state index contributed by atoms with van der Waals surface area (Å²) in [5.41, 5.74) is 0.991. The highest BCUT2D eigenvalue weighted by molar-refractivity contribution is 14.1.